The molecule has 9 aromatic carbocycles. The SMILES string of the molecule is [2H]c1c([2H])c([2H])c2c(c1[2H])c1c([2H])c([2H])c(-n3c4c([2H])c([2H])c([2H])c([2H])c4c4c([2H])c([2H])c(-n5c6c([2H])c([2H])c([2H])c([2H])c6c6c([2H])c([2H])c([2H])c([2H])c65)c([2H])c43)c([2H])c1n2-c1ccc(-c2ccc(-c3ccccc3)cc2)cc1. The van der Waals surface area contributed by atoms with E-state index in [2.05, 4.69) is 0 Å². The molecule has 12 rings (SSSR count). The van der Waals surface area contributed by atoms with E-state index in [9.17, 15) is 13.7 Å². The van der Waals surface area contributed by atoms with Crippen molar-refractivity contribution in [1.82, 2.24) is 13.7 Å². The fraction of sp³-hybridized carbons (Fsp3) is 0. The molecule has 0 atom stereocenters. The van der Waals surface area contributed by atoms with Gasteiger partial charge in [0.05, 0.1) is 63.3 Å². The Bertz CT molecular complexity index is 4700. The normalized spacial score (nSPS) is 17.3. The van der Waals surface area contributed by atoms with Crippen LogP contribution < -0.4 is 0 Å². The van der Waals surface area contributed by atoms with Gasteiger partial charge in [-0.05, 0) is 82.7 Å². The van der Waals surface area contributed by atoms with Crippen molar-refractivity contribution < 1.29 is 30.2 Å². The number of aromatic nitrogens is 3. The summed E-state index contributed by atoms with van der Waals surface area (Å²) in [4.78, 5) is 0. The van der Waals surface area contributed by atoms with Crippen LogP contribution in [-0.2, 0) is 0 Å². The lowest BCUT2D eigenvalue weighted by Crippen LogP contribution is -1.98. The van der Waals surface area contributed by atoms with E-state index >= 15 is 0 Å². The third-order valence-corrected chi connectivity index (χ3v) is 10.2. The van der Waals surface area contributed by atoms with E-state index in [1.807, 2.05) is 54.6 Å². The highest BCUT2D eigenvalue weighted by molar-refractivity contribution is 6.13. The van der Waals surface area contributed by atoms with Crippen molar-refractivity contribution in [2.45, 2.75) is 0 Å². The van der Waals surface area contributed by atoms with E-state index in [-0.39, 0.29) is 27.5 Å². The van der Waals surface area contributed by atoms with Crippen molar-refractivity contribution in [3.8, 4) is 39.3 Å². The molecule has 12 aromatic rings. The van der Waals surface area contributed by atoms with Gasteiger partial charge in [0.25, 0.3) is 0 Å². The molecule has 0 aliphatic rings. The van der Waals surface area contributed by atoms with Gasteiger partial charge in [0.2, 0.25) is 0 Å². The van der Waals surface area contributed by atoms with Gasteiger partial charge in [-0.15, -0.1) is 0 Å². The topological polar surface area (TPSA) is 14.8 Å². The Morgan fingerprint density at radius 1 is 0.263 bits per heavy atom. The predicted molar refractivity (Wildman–Crippen MR) is 240 cm³/mol. The molecule has 0 unspecified atom stereocenters. The monoisotopic (exact) mass is 747 g/mol. The van der Waals surface area contributed by atoms with Crippen LogP contribution in [0.2, 0.25) is 0 Å². The van der Waals surface area contributed by atoms with Crippen LogP contribution in [0.15, 0.2) is 212 Å². The number of hydrogen-bond acceptors (Lipinski definition) is 0. The lowest BCUT2D eigenvalue weighted by atomic mass is 10.0. The average molecular weight is 748 g/mol. The zero-order valence-corrected chi connectivity index (χ0v) is 29.3. The highest BCUT2D eigenvalue weighted by Gasteiger charge is 2.19. The molecule has 3 heteroatoms. The summed E-state index contributed by atoms with van der Waals surface area (Å²) >= 11 is 0. The van der Waals surface area contributed by atoms with Gasteiger partial charge in [-0.25, -0.2) is 0 Å². The second kappa shape index (κ2) is 12.5. The third-order valence-electron chi connectivity index (χ3n) is 10.2. The summed E-state index contributed by atoms with van der Waals surface area (Å²) < 4.78 is 205. The molecule has 0 radical (unpaired) electrons. The molecule has 3 heterocycles. The first-order valence-electron chi connectivity index (χ1n) is 28.8. The maximum Gasteiger partial charge on any atom is 0.0667 e. The van der Waals surface area contributed by atoms with E-state index in [0.29, 0.717) is 0 Å². The second-order valence-electron chi connectivity index (χ2n) is 13.3. The standard InChI is InChI=1S/C54H35N3/c1-2-12-36(13-3-1)37-22-24-38(25-23-37)39-26-28-40(29-27-39)55-49-18-8-6-16-45(49)47-33-31-42(35-53(47)55)57-52-21-11-7-17-46(52)48-32-30-41(34-54(48)57)56-50-19-9-4-14-43(50)44-15-5-10-20-51(44)56/h1-35H/i4D,5D,6D,7D,8D,9D,10D,11D,14D,15D,16D,17D,18D,19D,20D,21D,30D,31D,32D,33D,34D,35D. The smallest absolute Gasteiger partial charge is 0.0667 e. The molecule has 0 spiro atoms. The Hall–Kier alpha value is -7.62. The number of fused-ring (bicyclic) bond motifs is 9. The first kappa shape index (κ1) is 17.0. The number of rotatable bonds is 5. The summed E-state index contributed by atoms with van der Waals surface area (Å²) in [5.74, 6) is 0. The Morgan fingerprint density at radius 2 is 0.579 bits per heavy atom. The van der Waals surface area contributed by atoms with E-state index in [0.717, 1.165) is 31.4 Å². The summed E-state index contributed by atoms with van der Waals surface area (Å²) in [6.07, 6.45) is 0. The Balaban J connectivity index is 1.24. The van der Waals surface area contributed by atoms with Gasteiger partial charge in [-0.2, -0.15) is 0 Å². The van der Waals surface area contributed by atoms with Crippen LogP contribution in [0.1, 0.15) is 30.2 Å². The highest BCUT2D eigenvalue weighted by Crippen LogP contribution is 2.39. The predicted octanol–water partition coefficient (Wildman–Crippen LogP) is 14.3. The van der Waals surface area contributed by atoms with Gasteiger partial charge in [-0.1, -0.05) is 151 Å². The molecule has 3 aromatic heterocycles. The molecule has 57 heavy (non-hydrogen) atoms. The molecule has 0 aliphatic heterocycles. The quantitative estimate of drug-likeness (QED) is 0.167. The lowest BCUT2D eigenvalue weighted by Gasteiger charge is -2.13. The molecular weight excluding hydrogens is 691 g/mol. The largest absolute Gasteiger partial charge is 0.309 e. The summed E-state index contributed by atoms with van der Waals surface area (Å²) in [6.45, 7) is 0. The molecule has 0 amide bonds. The van der Waals surface area contributed by atoms with Gasteiger partial charge in [-0.3, -0.25) is 0 Å². The summed E-state index contributed by atoms with van der Waals surface area (Å²) in [7, 11) is 0. The zero-order chi connectivity index (χ0) is 56.6. The minimum atomic E-state index is -0.893. The molecule has 0 fully saturated rings. The fourth-order valence-corrected chi connectivity index (χ4v) is 7.64. The summed E-state index contributed by atoms with van der Waals surface area (Å²) in [5, 5.41) is -2.26. The molecule has 0 N–H and O–H groups in total. The minimum Gasteiger partial charge on any atom is -0.309 e. The van der Waals surface area contributed by atoms with Crippen LogP contribution in [0.25, 0.3) is 105 Å². The van der Waals surface area contributed by atoms with Crippen molar-refractivity contribution >= 4 is 65.4 Å². The van der Waals surface area contributed by atoms with Gasteiger partial charge < -0.3 is 13.7 Å². The van der Waals surface area contributed by atoms with Crippen LogP contribution in [0.5, 0.6) is 0 Å². The van der Waals surface area contributed by atoms with Crippen molar-refractivity contribution in [3.63, 3.8) is 0 Å². The highest BCUT2D eigenvalue weighted by atomic mass is 15.0. The maximum absolute atomic E-state index is 10.3. The molecule has 0 bridgehead atoms. The van der Waals surface area contributed by atoms with Crippen molar-refractivity contribution in [3.05, 3.63) is 212 Å². The molecule has 266 valence electrons. The van der Waals surface area contributed by atoms with E-state index in [1.54, 1.807) is 24.3 Å². The minimum absolute atomic E-state index is 0.181. The van der Waals surface area contributed by atoms with Gasteiger partial charge in [0.15, 0.2) is 0 Å². The molecule has 0 saturated heterocycles. The van der Waals surface area contributed by atoms with E-state index < -0.39 is 188 Å². The Kier molecular flexibility index (Phi) is 3.72. The van der Waals surface area contributed by atoms with E-state index in [1.165, 1.54) is 4.57 Å². The van der Waals surface area contributed by atoms with Gasteiger partial charge >= 0.3 is 0 Å². The van der Waals surface area contributed by atoms with Crippen molar-refractivity contribution in [1.29, 1.82) is 0 Å². The molecule has 0 saturated carbocycles. The third kappa shape index (κ3) is 4.86. The van der Waals surface area contributed by atoms with Crippen LogP contribution in [0.3, 0.4) is 0 Å². The number of hydrogen-bond donors (Lipinski definition) is 0. The first-order valence-corrected chi connectivity index (χ1v) is 17.8. The Labute approximate surface area is 360 Å². The van der Waals surface area contributed by atoms with Crippen LogP contribution in [-0.4, -0.2) is 13.7 Å². The Morgan fingerprint density at radius 3 is 1.00 bits per heavy atom. The maximum atomic E-state index is 10.3. The fourth-order valence-electron chi connectivity index (χ4n) is 7.64. The summed E-state index contributed by atoms with van der Waals surface area (Å²) in [5.41, 5.74) is -0.171. The number of para-hydroxylation sites is 4. The summed E-state index contributed by atoms with van der Waals surface area (Å²) in [6, 6.07) is 7.53. The number of benzene rings is 9. The average Bonchev–Trinajstić information content (AvgIpc) is 3.28. The number of nitrogens with zero attached hydrogens (tertiary/aromatic N) is 3. The van der Waals surface area contributed by atoms with Gasteiger partial charge in [0, 0.05) is 49.4 Å². The second-order valence-corrected chi connectivity index (χ2v) is 13.3. The van der Waals surface area contributed by atoms with Crippen molar-refractivity contribution in [2.75, 3.05) is 0 Å². The lowest BCUT2D eigenvalue weighted by molar-refractivity contribution is 1.14. The van der Waals surface area contributed by atoms with Crippen LogP contribution in [0, 0.1) is 0 Å². The van der Waals surface area contributed by atoms with Crippen molar-refractivity contribution in [2.24, 2.45) is 0 Å². The zero-order valence-electron chi connectivity index (χ0n) is 51.3. The first-order chi connectivity index (χ1) is 37.5. The molecule has 3 nitrogen and oxygen atoms in total. The van der Waals surface area contributed by atoms with E-state index in [4.69, 9.17) is 16.4 Å². The molecule has 0 aliphatic carbocycles. The van der Waals surface area contributed by atoms with Gasteiger partial charge in [0.1, 0.15) is 0 Å². The van der Waals surface area contributed by atoms with Crippen LogP contribution in [0.4, 0.5) is 0 Å². The van der Waals surface area contributed by atoms with Crippen LogP contribution >= 0.6 is 0 Å². The molecular formula is C54H35N3.